The molecule has 8 nitrogen and oxygen atoms in total. The molecule has 2 saturated heterocycles. The number of anilines is 1. The minimum absolute atomic E-state index is 0.0174. The number of nitrogens with zero attached hydrogens (tertiary/aromatic N) is 4. The van der Waals surface area contributed by atoms with Crippen molar-refractivity contribution in [3.63, 3.8) is 0 Å². The van der Waals surface area contributed by atoms with Crippen molar-refractivity contribution in [2.24, 2.45) is 7.05 Å². The van der Waals surface area contributed by atoms with Gasteiger partial charge >= 0.3 is 0 Å². The number of aromatic nitrogens is 2. The van der Waals surface area contributed by atoms with Crippen molar-refractivity contribution < 1.29 is 14.3 Å². The molecular formula is C31H41N5O3. The molecule has 1 N–H and O–H groups in total. The van der Waals surface area contributed by atoms with Crippen LogP contribution in [0.15, 0.2) is 36.4 Å². The van der Waals surface area contributed by atoms with Crippen LogP contribution in [0.25, 0.3) is 11.0 Å². The van der Waals surface area contributed by atoms with Gasteiger partial charge in [-0.2, -0.15) is 0 Å². The number of carbonyl (C=O) groups excluding carboxylic acids is 2. The molecule has 2 aliphatic rings. The van der Waals surface area contributed by atoms with Gasteiger partial charge in [0.1, 0.15) is 5.65 Å². The number of piperidine rings is 2. The van der Waals surface area contributed by atoms with Crippen molar-refractivity contribution in [2.75, 3.05) is 31.5 Å². The molecular weight excluding hydrogens is 490 g/mol. The summed E-state index contributed by atoms with van der Waals surface area (Å²) in [7, 11) is 1.89. The second kappa shape index (κ2) is 11.8. The van der Waals surface area contributed by atoms with Crippen molar-refractivity contribution in [2.45, 2.75) is 71.4 Å². The Morgan fingerprint density at radius 3 is 2.38 bits per heavy atom. The van der Waals surface area contributed by atoms with Crippen LogP contribution in [0.3, 0.4) is 0 Å². The Morgan fingerprint density at radius 1 is 1.05 bits per heavy atom. The van der Waals surface area contributed by atoms with Crippen LogP contribution in [0.1, 0.15) is 79.4 Å². The SMILES string of the molecule is CCc1nc2c(cc1NC(=O)c1ccccc1)c(OC(C)C)c(C(=O)N1CCC(N3CCCCC3)CC1)n2C. The lowest BCUT2D eigenvalue weighted by atomic mass is 9.99. The minimum Gasteiger partial charge on any atom is -0.488 e. The number of rotatable bonds is 7. The summed E-state index contributed by atoms with van der Waals surface area (Å²) < 4.78 is 8.17. The number of aryl methyl sites for hydroxylation is 2. The van der Waals surface area contributed by atoms with Crippen LogP contribution in [0, 0.1) is 0 Å². The molecule has 3 aromatic rings. The largest absolute Gasteiger partial charge is 0.488 e. The van der Waals surface area contributed by atoms with E-state index in [1.54, 1.807) is 12.1 Å². The molecule has 2 aromatic heterocycles. The van der Waals surface area contributed by atoms with Crippen molar-refractivity contribution in [3.05, 3.63) is 53.3 Å². The lowest BCUT2D eigenvalue weighted by Crippen LogP contribution is -2.48. The number of carbonyl (C=O) groups is 2. The van der Waals surface area contributed by atoms with Gasteiger partial charge in [0, 0.05) is 31.7 Å². The topological polar surface area (TPSA) is 79.7 Å². The molecule has 2 amide bonds. The second-order valence-electron chi connectivity index (χ2n) is 11.1. The zero-order valence-corrected chi connectivity index (χ0v) is 23.7. The second-order valence-corrected chi connectivity index (χ2v) is 11.1. The zero-order chi connectivity index (χ0) is 27.5. The quantitative estimate of drug-likeness (QED) is 0.450. The third kappa shape index (κ3) is 5.66. The lowest BCUT2D eigenvalue weighted by Gasteiger charge is -2.40. The minimum atomic E-state index is -0.193. The molecule has 2 fully saturated rings. The molecule has 4 heterocycles. The maximum absolute atomic E-state index is 14.0. The highest BCUT2D eigenvalue weighted by Gasteiger charge is 2.33. The summed E-state index contributed by atoms with van der Waals surface area (Å²) >= 11 is 0. The average Bonchev–Trinajstić information content (AvgIpc) is 3.22. The standard InChI is InChI=1S/C31H41N5O3/c1-5-25-26(33-30(37)22-12-8-6-9-13-22)20-24-28(39-21(2)3)27(34(4)29(24)32-25)31(38)36-18-14-23(15-19-36)35-16-10-7-11-17-35/h6,8-9,12-13,20-21,23H,5,7,10-11,14-19H2,1-4H3,(H,33,37). The van der Waals surface area contributed by atoms with E-state index in [1.807, 2.05) is 61.6 Å². The molecule has 8 heteroatoms. The highest BCUT2D eigenvalue weighted by molar-refractivity contribution is 6.07. The van der Waals surface area contributed by atoms with Gasteiger partial charge in [-0.05, 0) is 77.2 Å². The summed E-state index contributed by atoms with van der Waals surface area (Å²) in [5, 5.41) is 3.78. The summed E-state index contributed by atoms with van der Waals surface area (Å²) in [5.41, 5.74) is 3.20. The Labute approximate surface area is 231 Å². The molecule has 208 valence electrons. The van der Waals surface area contributed by atoms with E-state index < -0.39 is 0 Å². The van der Waals surface area contributed by atoms with E-state index in [-0.39, 0.29) is 17.9 Å². The number of pyridine rings is 1. The third-order valence-electron chi connectivity index (χ3n) is 8.03. The van der Waals surface area contributed by atoms with Crippen LogP contribution in [0.4, 0.5) is 5.69 Å². The van der Waals surface area contributed by atoms with Crippen LogP contribution in [-0.2, 0) is 13.5 Å². The van der Waals surface area contributed by atoms with Gasteiger partial charge in [-0.3, -0.25) is 9.59 Å². The van der Waals surface area contributed by atoms with Gasteiger partial charge in [0.2, 0.25) is 0 Å². The Morgan fingerprint density at radius 2 is 1.74 bits per heavy atom. The Hall–Kier alpha value is -3.39. The van der Waals surface area contributed by atoms with Gasteiger partial charge in [-0.1, -0.05) is 31.5 Å². The smallest absolute Gasteiger partial charge is 0.274 e. The Balaban J connectivity index is 1.46. The first kappa shape index (κ1) is 27.2. The zero-order valence-electron chi connectivity index (χ0n) is 23.7. The first-order valence-corrected chi connectivity index (χ1v) is 14.5. The molecule has 39 heavy (non-hydrogen) atoms. The fourth-order valence-corrected chi connectivity index (χ4v) is 5.97. The maximum atomic E-state index is 14.0. The number of benzene rings is 1. The number of ether oxygens (including phenoxy) is 1. The monoisotopic (exact) mass is 531 g/mol. The normalized spacial score (nSPS) is 17.1. The van der Waals surface area contributed by atoms with Gasteiger partial charge < -0.3 is 24.4 Å². The predicted molar refractivity (Wildman–Crippen MR) is 155 cm³/mol. The number of hydrogen-bond acceptors (Lipinski definition) is 5. The van der Waals surface area contributed by atoms with E-state index in [4.69, 9.17) is 9.72 Å². The first-order chi connectivity index (χ1) is 18.9. The number of likely N-dealkylation sites (tertiary alicyclic amines) is 2. The summed E-state index contributed by atoms with van der Waals surface area (Å²) in [5.74, 6) is 0.328. The summed E-state index contributed by atoms with van der Waals surface area (Å²) in [4.78, 5) is 36.5. The van der Waals surface area contributed by atoms with Crippen LogP contribution in [0.5, 0.6) is 5.75 Å². The van der Waals surface area contributed by atoms with Crippen molar-refractivity contribution in [1.29, 1.82) is 0 Å². The Kier molecular flexibility index (Phi) is 8.21. The van der Waals surface area contributed by atoms with Crippen LogP contribution in [-0.4, -0.2) is 69.5 Å². The molecule has 5 rings (SSSR count). The van der Waals surface area contributed by atoms with Gasteiger partial charge in [0.25, 0.3) is 11.8 Å². The van der Waals surface area contributed by atoms with Crippen LogP contribution < -0.4 is 10.1 Å². The first-order valence-electron chi connectivity index (χ1n) is 14.5. The van der Waals surface area contributed by atoms with E-state index in [9.17, 15) is 9.59 Å². The lowest BCUT2D eigenvalue weighted by molar-refractivity contribution is 0.0576. The molecule has 0 bridgehead atoms. The van der Waals surface area contributed by atoms with E-state index in [1.165, 1.54) is 32.4 Å². The number of hydrogen-bond donors (Lipinski definition) is 1. The highest BCUT2D eigenvalue weighted by Crippen LogP contribution is 2.37. The van der Waals surface area contributed by atoms with Gasteiger partial charge in [-0.15, -0.1) is 0 Å². The van der Waals surface area contributed by atoms with E-state index >= 15 is 0 Å². The number of nitrogens with one attached hydrogen (secondary N) is 1. The number of fused-ring (bicyclic) bond motifs is 1. The van der Waals surface area contributed by atoms with Crippen molar-refractivity contribution in [3.8, 4) is 5.75 Å². The molecule has 0 radical (unpaired) electrons. The predicted octanol–water partition coefficient (Wildman–Crippen LogP) is 5.27. The summed E-state index contributed by atoms with van der Waals surface area (Å²) in [6.07, 6.45) is 6.42. The molecule has 0 saturated carbocycles. The molecule has 0 unspecified atom stereocenters. The number of amides is 2. The summed E-state index contributed by atoms with van der Waals surface area (Å²) in [6.45, 7) is 9.79. The van der Waals surface area contributed by atoms with Crippen molar-refractivity contribution in [1.82, 2.24) is 19.4 Å². The third-order valence-corrected chi connectivity index (χ3v) is 8.03. The summed E-state index contributed by atoms with van der Waals surface area (Å²) in [6, 6.07) is 11.6. The van der Waals surface area contributed by atoms with Crippen LogP contribution in [0.2, 0.25) is 0 Å². The molecule has 2 aliphatic heterocycles. The van der Waals surface area contributed by atoms with E-state index in [0.29, 0.717) is 40.8 Å². The van der Waals surface area contributed by atoms with E-state index in [0.717, 1.165) is 37.0 Å². The van der Waals surface area contributed by atoms with Crippen molar-refractivity contribution >= 4 is 28.5 Å². The molecule has 0 spiro atoms. The molecule has 0 atom stereocenters. The Bertz CT molecular complexity index is 1320. The maximum Gasteiger partial charge on any atom is 0.274 e. The fraction of sp³-hybridized carbons (Fsp3) is 0.516. The van der Waals surface area contributed by atoms with Crippen LogP contribution >= 0.6 is 0 Å². The van der Waals surface area contributed by atoms with Gasteiger partial charge in [-0.25, -0.2) is 4.98 Å². The molecule has 1 aromatic carbocycles. The van der Waals surface area contributed by atoms with Gasteiger partial charge in [0.15, 0.2) is 11.4 Å². The molecule has 0 aliphatic carbocycles. The highest BCUT2D eigenvalue weighted by atomic mass is 16.5. The van der Waals surface area contributed by atoms with E-state index in [2.05, 4.69) is 10.2 Å². The fourth-order valence-electron chi connectivity index (χ4n) is 5.97. The average molecular weight is 532 g/mol. The van der Waals surface area contributed by atoms with Gasteiger partial charge in [0.05, 0.1) is 22.9 Å².